The van der Waals surface area contributed by atoms with Crippen molar-refractivity contribution in [2.45, 2.75) is 33.4 Å². The third kappa shape index (κ3) is 2.18. The van der Waals surface area contributed by atoms with E-state index in [1.807, 2.05) is 29.4 Å². The molecule has 0 fully saturated rings. The number of nitrogens with two attached hydrogens (primary N) is 1. The third-order valence-corrected chi connectivity index (χ3v) is 2.98. The lowest BCUT2D eigenvalue weighted by atomic mass is 10.3. The molecule has 2 heterocycles. The van der Waals surface area contributed by atoms with Crippen LogP contribution in [0.4, 0.5) is 11.5 Å². The Bertz CT molecular complexity index is 537. The number of hydrogen-bond donors (Lipinski definition) is 2. The molecule has 6 heteroatoms. The summed E-state index contributed by atoms with van der Waals surface area (Å²) in [5.74, 6) is 0.878. The Labute approximate surface area is 107 Å². The molecule has 0 saturated carbocycles. The Balaban J connectivity index is 2.21. The summed E-state index contributed by atoms with van der Waals surface area (Å²) in [6, 6.07) is 2.25. The topological polar surface area (TPSA) is 73.7 Å². The van der Waals surface area contributed by atoms with Crippen molar-refractivity contribution in [1.82, 2.24) is 19.6 Å². The van der Waals surface area contributed by atoms with E-state index in [4.69, 9.17) is 5.73 Å². The van der Waals surface area contributed by atoms with Gasteiger partial charge in [0.25, 0.3) is 0 Å². The Kier molecular flexibility index (Phi) is 3.27. The molecule has 0 radical (unpaired) electrons. The first-order valence-electron chi connectivity index (χ1n) is 6.06. The van der Waals surface area contributed by atoms with Crippen LogP contribution in [0.3, 0.4) is 0 Å². The number of aromatic nitrogens is 4. The Morgan fingerprint density at radius 3 is 2.72 bits per heavy atom. The van der Waals surface area contributed by atoms with Crippen molar-refractivity contribution in [2.75, 3.05) is 11.1 Å². The summed E-state index contributed by atoms with van der Waals surface area (Å²) in [5, 5.41) is 11.9. The molecule has 2 aromatic rings. The standard InChI is InChI=1S/C12H20N6/c1-8(2)18-12(11(13)9(3)16-18)14-7-10-5-6-15-17(10)4/h5-6,8,14H,7,13H2,1-4H3. The number of aryl methyl sites for hydroxylation is 2. The molecule has 98 valence electrons. The van der Waals surface area contributed by atoms with E-state index in [2.05, 4.69) is 29.4 Å². The zero-order chi connectivity index (χ0) is 13.3. The van der Waals surface area contributed by atoms with Crippen molar-refractivity contribution in [3.05, 3.63) is 23.7 Å². The van der Waals surface area contributed by atoms with Crippen molar-refractivity contribution >= 4 is 11.5 Å². The first-order valence-corrected chi connectivity index (χ1v) is 6.06. The van der Waals surface area contributed by atoms with Crippen molar-refractivity contribution in [2.24, 2.45) is 7.05 Å². The molecule has 18 heavy (non-hydrogen) atoms. The SMILES string of the molecule is Cc1nn(C(C)C)c(NCc2ccnn2C)c1N. The van der Waals surface area contributed by atoms with Gasteiger partial charge in [0, 0.05) is 19.3 Å². The van der Waals surface area contributed by atoms with Crippen molar-refractivity contribution < 1.29 is 0 Å². The molecule has 0 aliphatic rings. The van der Waals surface area contributed by atoms with Gasteiger partial charge in [0.05, 0.1) is 23.6 Å². The summed E-state index contributed by atoms with van der Waals surface area (Å²) in [6.45, 7) is 6.77. The fourth-order valence-corrected chi connectivity index (χ4v) is 1.86. The van der Waals surface area contributed by atoms with E-state index in [1.54, 1.807) is 6.20 Å². The largest absolute Gasteiger partial charge is 0.394 e. The van der Waals surface area contributed by atoms with Gasteiger partial charge in [-0.25, -0.2) is 4.68 Å². The number of hydrogen-bond acceptors (Lipinski definition) is 4. The molecule has 0 saturated heterocycles. The minimum atomic E-state index is 0.273. The van der Waals surface area contributed by atoms with Gasteiger partial charge in [0.1, 0.15) is 5.82 Å². The van der Waals surface area contributed by atoms with E-state index in [1.165, 1.54) is 0 Å². The predicted octanol–water partition coefficient (Wildman–Crippen LogP) is 1.70. The molecule has 6 nitrogen and oxygen atoms in total. The Hall–Kier alpha value is -1.98. The maximum Gasteiger partial charge on any atom is 0.148 e. The van der Waals surface area contributed by atoms with Crippen LogP contribution in [-0.2, 0) is 13.6 Å². The number of rotatable bonds is 4. The molecule has 0 amide bonds. The van der Waals surface area contributed by atoms with Crippen LogP contribution >= 0.6 is 0 Å². The highest BCUT2D eigenvalue weighted by molar-refractivity contribution is 5.64. The molecule has 0 spiro atoms. The average Bonchev–Trinajstić information content (AvgIpc) is 2.83. The lowest BCUT2D eigenvalue weighted by Gasteiger charge is -2.13. The van der Waals surface area contributed by atoms with Gasteiger partial charge in [0.15, 0.2) is 0 Å². The summed E-state index contributed by atoms with van der Waals surface area (Å²) in [6.07, 6.45) is 1.78. The summed E-state index contributed by atoms with van der Waals surface area (Å²) >= 11 is 0. The lowest BCUT2D eigenvalue weighted by molar-refractivity contribution is 0.533. The number of anilines is 2. The zero-order valence-corrected chi connectivity index (χ0v) is 11.3. The van der Waals surface area contributed by atoms with Gasteiger partial charge in [-0.15, -0.1) is 0 Å². The van der Waals surface area contributed by atoms with Gasteiger partial charge in [-0.3, -0.25) is 4.68 Å². The highest BCUT2D eigenvalue weighted by Gasteiger charge is 2.14. The summed E-state index contributed by atoms with van der Waals surface area (Å²) < 4.78 is 3.76. The average molecular weight is 248 g/mol. The van der Waals surface area contributed by atoms with Crippen LogP contribution in [-0.4, -0.2) is 19.6 Å². The number of nitrogens with one attached hydrogen (secondary N) is 1. The van der Waals surface area contributed by atoms with Crippen LogP contribution < -0.4 is 11.1 Å². The fraction of sp³-hybridized carbons (Fsp3) is 0.500. The van der Waals surface area contributed by atoms with Crippen molar-refractivity contribution in [1.29, 1.82) is 0 Å². The van der Waals surface area contributed by atoms with Gasteiger partial charge < -0.3 is 11.1 Å². The molecule has 3 N–H and O–H groups in total. The Morgan fingerprint density at radius 1 is 1.44 bits per heavy atom. The van der Waals surface area contributed by atoms with Crippen molar-refractivity contribution in [3.63, 3.8) is 0 Å². The molecule has 0 atom stereocenters. The van der Waals surface area contributed by atoms with Gasteiger partial charge in [-0.05, 0) is 26.8 Å². The highest BCUT2D eigenvalue weighted by atomic mass is 15.4. The van der Waals surface area contributed by atoms with E-state index in [9.17, 15) is 0 Å². The molecule has 2 rings (SSSR count). The van der Waals surface area contributed by atoms with Crippen LogP contribution in [0, 0.1) is 6.92 Å². The maximum atomic E-state index is 6.05. The van der Waals surface area contributed by atoms with E-state index < -0.39 is 0 Å². The molecule has 0 unspecified atom stereocenters. The van der Waals surface area contributed by atoms with E-state index in [-0.39, 0.29) is 6.04 Å². The van der Waals surface area contributed by atoms with Gasteiger partial charge in [-0.2, -0.15) is 10.2 Å². The number of nitrogens with zero attached hydrogens (tertiary/aromatic N) is 4. The highest BCUT2D eigenvalue weighted by Crippen LogP contribution is 2.25. The van der Waals surface area contributed by atoms with Gasteiger partial charge in [-0.1, -0.05) is 0 Å². The first-order chi connectivity index (χ1) is 8.50. The summed E-state index contributed by atoms with van der Waals surface area (Å²) in [7, 11) is 1.92. The minimum absolute atomic E-state index is 0.273. The van der Waals surface area contributed by atoms with Crippen molar-refractivity contribution in [3.8, 4) is 0 Å². The second kappa shape index (κ2) is 4.72. The van der Waals surface area contributed by atoms with Crippen LogP contribution in [0.2, 0.25) is 0 Å². The molecular formula is C12H20N6. The van der Waals surface area contributed by atoms with E-state index in [0.29, 0.717) is 12.2 Å². The molecule has 0 aliphatic heterocycles. The third-order valence-electron chi connectivity index (χ3n) is 2.98. The summed E-state index contributed by atoms with van der Waals surface area (Å²) in [4.78, 5) is 0. The molecule has 0 aliphatic carbocycles. The van der Waals surface area contributed by atoms with Gasteiger partial charge in [0.2, 0.25) is 0 Å². The number of nitrogen functional groups attached to an aromatic ring is 1. The second-order valence-electron chi connectivity index (χ2n) is 4.69. The second-order valence-corrected chi connectivity index (χ2v) is 4.69. The van der Waals surface area contributed by atoms with Gasteiger partial charge >= 0.3 is 0 Å². The first kappa shape index (κ1) is 12.5. The molecular weight excluding hydrogens is 228 g/mol. The predicted molar refractivity (Wildman–Crippen MR) is 72.3 cm³/mol. The maximum absolute atomic E-state index is 6.05. The lowest BCUT2D eigenvalue weighted by Crippen LogP contribution is -2.12. The molecule has 2 aromatic heterocycles. The van der Waals surface area contributed by atoms with Crippen LogP contribution in [0.5, 0.6) is 0 Å². The Morgan fingerprint density at radius 2 is 2.17 bits per heavy atom. The summed E-state index contributed by atoms with van der Waals surface area (Å²) in [5.41, 5.74) is 8.72. The van der Waals surface area contributed by atoms with E-state index >= 15 is 0 Å². The molecule has 0 aromatic carbocycles. The smallest absolute Gasteiger partial charge is 0.148 e. The zero-order valence-electron chi connectivity index (χ0n) is 11.3. The fourth-order valence-electron chi connectivity index (χ4n) is 1.86. The van der Waals surface area contributed by atoms with E-state index in [0.717, 1.165) is 17.2 Å². The normalized spacial score (nSPS) is 11.2. The van der Waals surface area contributed by atoms with Crippen LogP contribution in [0.25, 0.3) is 0 Å². The van der Waals surface area contributed by atoms with Crippen LogP contribution in [0.1, 0.15) is 31.3 Å². The monoisotopic (exact) mass is 248 g/mol. The minimum Gasteiger partial charge on any atom is -0.394 e. The molecule has 0 bridgehead atoms. The quantitative estimate of drug-likeness (QED) is 0.863. The van der Waals surface area contributed by atoms with Crippen LogP contribution in [0.15, 0.2) is 12.3 Å².